The first kappa shape index (κ1) is 11.9. The fourth-order valence-electron chi connectivity index (χ4n) is 1.86. The zero-order valence-corrected chi connectivity index (χ0v) is 9.52. The molecule has 0 atom stereocenters. The van der Waals surface area contributed by atoms with Gasteiger partial charge in [-0.15, -0.1) is 0 Å². The van der Waals surface area contributed by atoms with E-state index in [1.54, 1.807) is 12.1 Å². The molecule has 3 N–H and O–H groups in total. The van der Waals surface area contributed by atoms with E-state index in [0.29, 0.717) is 5.82 Å². The summed E-state index contributed by atoms with van der Waals surface area (Å²) in [6, 6.07) is 4.89. The lowest BCUT2D eigenvalue weighted by Crippen LogP contribution is -2.17. The zero-order chi connectivity index (χ0) is 12.3. The Morgan fingerprint density at radius 3 is 2.82 bits per heavy atom. The molecule has 0 unspecified atom stereocenters. The summed E-state index contributed by atoms with van der Waals surface area (Å²) >= 11 is 0. The van der Waals surface area contributed by atoms with Gasteiger partial charge in [-0.1, -0.05) is 6.07 Å². The predicted octanol–water partition coefficient (Wildman–Crippen LogP) is 1.35. The first-order chi connectivity index (χ1) is 8.15. The molecule has 92 valence electrons. The summed E-state index contributed by atoms with van der Waals surface area (Å²) < 4.78 is 0. The normalized spacial score (nSPS) is 16.5. The number of anilines is 1. The van der Waals surface area contributed by atoms with Gasteiger partial charge in [0.05, 0.1) is 0 Å². The van der Waals surface area contributed by atoms with Crippen molar-refractivity contribution in [1.82, 2.24) is 4.98 Å². The maximum atomic E-state index is 10.7. The van der Waals surface area contributed by atoms with Crippen LogP contribution in [0.5, 0.6) is 0 Å². The largest absolute Gasteiger partial charge is 0.477 e. The van der Waals surface area contributed by atoms with Crippen LogP contribution >= 0.6 is 0 Å². The highest BCUT2D eigenvalue weighted by Crippen LogP contribution is 2.48. The van der Waals surface area contributed by atoms with Crippen molar-refractivity contribution in [3.63, 3.8) is 0 Å². The molecule has 0 radical (unpaired) electrons. The maximum Gasteiger partial charge on any atom is 0.354 e. The molecule has 1 aliphatic rings. The number of aromatic nitrogens is 1. The van der Waals surface area contributed by atoms with Crippen LogP contribution in [0, 0.1) is 5.41 Å². The van der Waals surface area contributed by atoms with Gasteiger partial charge < -0.3 is 15.5 Å². The molecule has 1 aliphatic carbocycles. The minimum Gasteiger partial charge on any atom is -0.477 e. The van der Waals surface area contributed by atoms with Gasteiger partial charge in [-0.3, -0.25) is 0 Å². The van der Waals surface area contributed by atoms with E-state index < -0.39 is 5.97 Å². The number of rotatable bonds is 6. The molecule has 0 spiro atoms. The minimum atomic E-state index is -1.02. The van der Waals surface area contributed by atoms with Crippen LogP contribution in [-0.2, 0) is 0 Å². The quantitative estimate of drug-likeness (QED) is 0.694. The Bertz CT molecular complexity index is 416. The molecular formula is C12H16N2O3. The Balaban J connectivity index is 1.95. The number of carboxylic acids is 1. The van der Waals surface area contributed by atoms with E-state index in [2.05, 4.69) is 10.3 Å². The molecule has 0 amide bonds. The molecule has 2 rings (SSSR count). The van der Waals surface area contributed by atoms with Crippen molar-refractivity contribution in [2.45, 2.75) is 19.3 Å². The van der Waals surface area contributed by atoms with E-state index >= 15 is 0 Å². The fraction of sp³-hybridized carbons (Fsp3) is 0.500. The van der Waals surface area contributed by atoms with Gasteiger partial charge in [0.2, 0.25) is 0 Å². The second kappa shape index (κ2) is 4.71. The minimum absolute atomic E-state index is 0.0435. The van der Waals surface area contributed by atoms with Crippen molar-refractivity contribution in [2.24, 2.45) is 5.41 Å². The van der Waals surface area contributed by atoms with Crippen molar-refractivity contribution in [1.29, 1.82) is 0 Å². The Hall–Kier alpha value is -1.62. The van der Waals surface area contributed by atoms with Gasteiger partial charge in [0, 0.05) is 13.2 Å². The van der Waals surface area contributed by atoms with Crippen molar-refractivity contribution in [3.05, 3.63) is 23.9 Å². The van der Waals surface area contributed by atoms with Crippen LogP contribution in [0.4, 0.5) is 5.82 Å². The van der Waals surface area contributed by atoms with E-state index in [1.165, 1.54) is 6.07 Å². The van der Waals surface area contributed by atoms with Crippen LogP contribution in [0.15, 0.2) is 18.2 Å². The number of hydrogen-bond donors (Lipinski definition) is 3. The summed E-state index contributed by atoms with van der Waals surface area (Å²) in [6.07, 6.45) is 3.01. The Morgan fingerprint density at radius 1 is 1.47 bits per heavy atom. The predicted molar refractivity (Wildman–Crippen MR) is 63.1 cm³/mol. The summed E-state index contributed by atoms with van der Waals surface area (Å²) in [7, 11) is 0. The van der Waals surface area contributed by atoms with E-state index in [-0.39, 0.29) is 17.7 Å². The molecule has 5 heteroatoms. The number of nitrogens with one attached hydrogen (secondary N) is 1. The third-order valence-electron chi connectivity index (χ3n) is 3.21. The Labute approximate surface area is 99.5 Å². The number of aliphatic hydroxyl groups excluding tert-OH is 1. The van der Waals surface area contributed by atoms with Gasteiger partial charge in [0.25, 0.3) is 0 Å². The topological polar surface area (TPSA) is 82.5 Å². The third kappa shape index (κ3) is 2.94. The van der Waals surface area contributed by atoms with Crippen LogP contribution in [-0.4, -0.2) is 34.3 Å². The van der Waals surface area contributed by atoms with E-state index in [4.69, 9.17) is 10.2 Å². The molecule has 1 aromatic rings. The third-order valence-corrected chi connectivity index (χ3v) is 3.21. The zero-order valence-electron chi connectivity index (χ0n) is 9.52. The molecular weight excluding hydrogens is 220 g/mol. The summed E-state index contributed by atoms with van der Waals surface area (Å²) in [5, 5.41) is 20.9. The van der Waals surface area contributed by atoms with Crippen LogP contribution < -0.4 is 5.32 Å². The molecule has 1 heterocycles. The molecule has 0 saturated heterocycles. The van der Waals surface area contributed by atoms with Crippen LogP contribution in [0.3, 0.4) is 0 Å². The monoisotopic (exact) mass is 236 g/mol. The highest BCUT2D eigenvalue weighted by atomic mass is 16.4. The molecule has 0 aliphatic heterocycles. The van der Waals surface area contributed by atoms with Gasteiger partial charge in [-0.2, -0.15) is 0 Å². The van der Waals surface area contributed by atoms with Gasteiger partial charge >= 0.3 is 5.97 Å². The van der Waals surface area contributed by atoms with Crippen molar-refractivity contribution >= 4 is 11.8 Å². The number of aromatic carboxylic acids is 1. The molecule has 1 aromatic heterocycles. The lowest BCUT2D eigenvalue weighted by molar-refractivity contribution is 0.0690. The van der Waals surface area contributed by atoms with E-state index in [0.717, 1.165) is 25.8 Å². The standard InChI is InChI=1S/C12H16N2O3/c15-7-6-12(4-5-12)8-13-10-3-1-2-9(14-10)11(16)17/h1-3,15H,4-8H2,(H,13,14)(H,16,17). The number of aliphatic hydroxyl groups is 1. The van der Waals surface area contributed by atoms with Gasteiger partial charge in [-0.05, 0) is 36.8 Å². The van der Waals surface area contributed by atoms with Crippen molar-refractivity contribution < 1.29 is 15.0 Å². The average Bonchev–Trinajstić information content (AvgIpc) is 3.08. The molecule has 5 nitrogen and oxygen atoms in total. The molecule has 0 bridgehead atoms. The maximum absolute atomic E-state index is 10.7. The summed E-state index contributed by atoms with van der Waals surface area (Å²) in [5.41, 5.74) is 0.234. The highest BCUT2D eigenvalue weighted by molar-refractivity contribution is 5.85. The highest BCUT2D eigenvalue weighted by Gasteiger charge is 2.41. The smallest absolute Gasteiger partial charge is 0.354 e. The number of nitrogens with zero attached hydrogens (tertiary/aromatic N) is 1. The molecule has 17 heavy (non-hydrogen) atoms. The lowest BCUT2D eigenvalue weighted by atomic mass is 10.0. The summed E-state index contributed by atoms with van der Waals surface area (Å²) in [6.45, 7) is 0.938. The first-order valence-corrected chi connectivity index (χ1v) is 5.70. The van der Waals surface area contributed by atoms with Crippen LogP contribution in [0.2, 0.25) is 0 Å². The number of carboxylic acid groups (broad SMARTS) is 1. The first-order valence-electron chi connectivity index (χ1n) is 5.70. The number of hydrogen-bond acceptors (Lipinski definition) is 4. The lowest BCUT2D eigenvalue weighted by Gasteiger charge is -2.14. The van der Waals surface area contributed by atoms with Gasteiger partial charge in [0.15, 0.2) is 5.69 Å². The van der Waals surface area contributed by atoms with Gasteiger partial charge in [0.1, 0.15) is 5.82 Å². The summed E-state index contributed by atoms with van der Waals surface area (Å²) in [5.74, 6) is -0.445. The number of pyridine rings is 1. The number of carbonyl (C=O) groups is 1. The fourth-order valence-corrected chi connectivity index (χ4v) is 1.86. The Morgan fingerprint density at radius 2 is 2.24 bits per heavy atom. The second-order valence-electron chi connectivity index (χ2n) is 4.54. The SMILES string of the molecule is O=C(O)c1cccc(NCC2(CCO)CC2)n1. The van der Waals surface area contributed by atoms with Crippen LogP contribution in [0.1, 0.15) is 29.8 Å². The van der Waals surface area contributed by atoms with Crippen LogP contribution in [0.25, 0.3) is 0 Å². The van der Waals surface area contributed by atoms with E-state index in [1.807, 2.05) is 0 Å². The molecule has 1 saturated carbocycles. The van der Waals surface area contributed by atoms with Crippen molar-refractivity contribution in [2.75, 3.05) is 18.5 Å². The second-order valence-corrected chi connectivity index (χ2v) is 4.54. The van der Waals surface area contributed by atoms with Gasteiger partial charge in [-0.25, -0.2) is 9.78 Å². The Kier molecular flexibility index (Phi) is 3.28. The molecule has 0 aromatic carbocycles. The summed E-state index contributed by atoms with van der Waals surface area (Å²) in [4.78, 5) is 14.7. The molecule has 1 fully saturated rings. The average molecular weight is 236 g/mol. The van der Waals surface area contributed by atoms with Crippen molar-refractivity contribution in [3.8, 4) is 0 Å². The van der Waals surface area contributed by atoms with E-state index in [9.17, 15) is 4.79 Å².